The van der Waals surface area contributed by atoms with E-state index in [1.54, 1.807) is 6.92 Å². The summed E-state index contributed by atoms with van der Waals surface area (Å²) >= 11 is 3.63. The van der Waals surface area contributed by atoms with Gasteiger partial charge in [0.25, 0.3) is 0 Å². The molecule has 1 rings (SSSR count). The fourth-order valence-electron chi connectivity index (χ4n) is 0.888. The minimum atomic E-state index is -4.63. The maximum atomic E-state index is 12.7. The molecule has 0 aliphatic heterocycles. The van der Waals surface area contributed by atoms with Gasteiger partial charge in [0.05, 0.1) is 4.88 Å². The summed E-state index contributed by atoms with van der Waals surface area (Å²) in [6.45, 7) is 1.59. The lowest BCUT2D eigenvalue weighted by atomic mass is 10.2. The van der Waals surface area contributed by atoms with Crippen molar-refractivity contribution < 1.29 is 22.4 Å². The van der Waals surface area contributed by atoms with E-state index in [-0.39, 0.29) is 9.35 Å². The molecule has 15 heavy (non-hydrogen) atoms. The van der Waals surface area contributed by atoms with Gasteiger partial charge in [0.1, 0.15) is 0 Å². The molecule has 0 aliphatic rings. The van der Waals surface area contributed by atoms with Crippen LogP contribution in [0.1, 0.15) is 14.5 Å². The summed E-state index contributed by atoms with van der Waals surface area (Å²) in [6.07, 6.45) is -3.99. The molecule has 0 aliphatic carbocycles. The predicted molar refractivity (Wildman–Crippen MR) is 52.0 cm³/mol. The SMILES string of the molecule is Cc1cc(Br)c(C(=O)C(F)(F)C(F)F)s1. The largest absolute Gasteiger partial charge is 0.369 e. The number of rotatable bonds is 3. The molecule has 1 heterocycles. The van der Waals surface area contributed by atoms with Crippen molar-refractivity contribution in [2.45, 2.75) is 19.3 Å². The number of carbonyl (C=O) groups is 1. The first kappa shape index (κ1) is 12.6. The van der Waals surface area contributed by atoms with Crippen molar-refractivity contribution in [3.05, 3.63) is 20.3 Å². The number of alkyl halides is 4. The standard InChI is InChI=1S/C8H5BrF4OS/c1-3-2-4(9)5(15-3)6(14)8(12,13)7(10)11/h2,7H,1H3. The molecule has 0 N–H and O–H groups in total. The Morgan fingerprint density at radius 2 is 2.07 bits per heavy atom. The lowest BCUT2D eigenvalue weighted by molar-refractivity contribution is -0.0956. The van der Waals surface area contributed by atoms with Crippen LogP contribution in [-0.4, -0.2) is 18.1 Å². The molecule has 0 atom stereocenters. The Labute approximate surface area is 95.2 Å². The zero-order chi connectivity index (χ0) is 11.8. The minimum absolute atomic E-state index is 0.121. The maximum Gasteiger partial charge on any atom is 0.369 e. The van der Waals surface area contributed by atoms with Crippen LogP contribution in [0, 0.1) is 6.92 Å². The fraction of sp³-hybridized carbons (Fsp3) is 0.375. The van der Waals surface area contributed by atoms with Gasteiger partial charge in [0.15, 0.2) is 0 Å². The monoisotopic (exact) mass is 304 g/mol. The Balaban J connectivity index is 3.10. The molecule has 1 nitrogen and oxygen atoms in total. The molecule has 84 valence electrons. The second kappa shape index (κ2) is 4.21. The molecule has 0 spiro atoms. The number of hydrogen-bond acceptors (Lipinski definition) is 2. The lowest BCUT2D eigenvalue weighted by Crippen LogP contribution is -2.36. The second-order valence-electron chi connectivity index (χ2n) is 2.79. The van der Waals surface area contributed by atoms with Gasteiger partial charge in [-0.2, -0.15) is 8.78 Å². The first-order valence-electron chi connectivity index (χ1n) is 3.73. The van der Waals surface area contributed by atoms with E-state index in [2.05, 4.69) is 15.9 Å². The van der Waals surface area contributed by atoms with Gasteiger partial charge in [-0.05, 0) is 28.9 Å². The van der Waals surface area contributed by atoms with Gasteiger partial charge >= 0.3 is 12.3 Å². The summed E-state index contributed by atoms with van der Waals surface area (Å²) in [7, 11) is 0. The summed E-state index contributed by atoms with van der Waals surface area (Å²) in [4.78, 5) is 11.3. The lowest BCUT2D eigenvalue weighted by Gasteiger charge is -2.12. The van der Waals surface area contributed by atoms with Crippen molar-refractivity contribution in [2.24, 2.45) is 0 Å². The van der Waals surface area contributed by atoms with Crippen molar-refractivity contribution in [3.63, 3.8) is 0 Å². The Morgan fingerprint density at radius 3 is 2.40 bits per heavy atom. The number of thiophene rings is 1. The summed E-state index contributed by atoms with van der Waals surface area (Å²) < 4.78 is 49.3. The number of hydrogen-bond donors (Lipinski definition) is 0. The number of carbonyl (C=O) groups excluding carboxylic acids is 1. The molecule has 0 saturated carbocycles. The van der Waals surface area contributed by atoms with Crippen LogP contribution in [0.25, 0.3) is 0 Å². The van der Waals surface area contributed by atoms with Crippen molar-refractivity contribution in [1.82, 2.24) is 0 Å². The van der Waals surface area contributed by atoms with Crippen LogP contribution in [0.5, 0.6) is 0 Å². The summed E-state index contributed by atoms with van der Waals surface area (Å²) in [5, 5.41) is 0. The van der Waals surface area contributed by atoms with Crippen molar-refractivity contribution in [1.29, 1.82) is 0 Å². The molecule has 0 amide bonds. The van der Waals surface area contributed by atoms with Gasteiger partial charge in [-0.25, -0.2) is 8.78 Å². The molecule has 0 saturated heterocycles. The van der Waals surface area contributed by atoms with Crippen molar-refractivity contribution >= 4 is 33.0 Å². The average Bonchev–Trinajstić information content (AvgIpc) is 2.43. The van der Waals surface area contributed by atoms with E-state index in [9.17, 15) is 22.4 Å². The molecule has 0 bridgehead atoms. The molecule has 0 fully saturated rings. The van der Waals surface area contributed by atoms with Gasteiger partial charge in [-0.3, -0.25) is 4.79 Å². The molecular formula is C8H5BrF4OS. The van der Waals surface area contributed by atoms with Crippen LogP contribution in [-0.2, 0) is 0 Å². The van der Waals surface area contributed by atoms with Crippen LogP contribution < -0.4 is 0 Å². The second-order valence-corrected chi connectivity index (χ2v) is 4.90. The highest BCUT2D eigenvalue weighted by Crippen LogP contribution is 2.34. The summed E-state index contributed by atoms with van der Waals surface area (Å²) in [5.74, 6) is -6.47. The third kappa shape index (κ3) is 2.39. The minimum Gasteiger partial charge on any atom is -0.286 e. The summed E-state index contributed by atoms with van der Waals surface area (Å²) in [6, 6.07) is 1.43. The smallest absolute Gasteiger partial charge is 0.286 e. The highest BCUT2D eigenvalue weighted by molar-refractivity contribution is 9.10. The van der Waals surface area contributed by atoms with Crippen LogP contribution in [0.3, 0.4) is 0 Å². The first-order chi connectivity index (χ1) is 6.76. The average molecular weight is 305 g/mol. The number of ketones is 1. The van der Waals surface area contributed by atoms with Crippen LogP contribution in [0.2, 0.25) is 0 Å². The highest BCUT2D eigenvalue weighted by atomic mass is 79.9. The first-order valence-corrected chi connectivity index (χ1v) is 5.34. The Morgan fingerprint density at radius 1 is 1.53 bits per heavy atom. The molecule has 1 aromatic rings. The Hall–Kier alpha value is -0.430. The normalized spacial score (nSPS) is 12.2. The predicted octanol–water partition coefficient (Wildman–Crippen LogP) is 3.90. The quantitative estimate of drug-likeness (QED) is 0.611. The van der Waals surface area contributed by atoms with Crippen LogP contribution in [0.15, 0.2) is 10.5 Å². The van der Waals surface area contributed by atoms with Gasteiger partial charge in [-0.1, -0.05) is 0 Å². The Bertz CT molecular complexity index is 388. The molecular weight excluding hydrogens is 300 g/mol. The number of Topliss-reactive ketones (excluding diaryl/α,β-unsaturated/α-hetero) is 1. The number of aryl methyl sites for hydroxylation is 1. The van der Waals surface area contributed by atoms with E-state index in [0.29, 0.717) is 4.88 Å². The third-order valence-electron chi connectivity index (χ3n) is 1.59. The number of halogens is 5. The van der Waals surface area contributed by atoms with Crippen LogP contribution >= 0.6 is 27.3 Å². The molecule has 0 radical (unpaired) electrons. The highest BCUT2D eigenvalue weighted by Gasteiger charge is 2.50. The van der Waals surface area contributed by atoms with E-state index in [0.717, 1.165) is 11.3 Å². The van der Waals surface area contributed by atoms with Gasteiger partial charge in [0.2, 0.25) is 5.78 Å². The third-order valence-corrected chi connectivity index (χ3v) is 3.53. The molecule has 0 unspecified atom stereocenters. The van der Waals surface area contributed by atoms with Crippen molar-refractivity contribution in [3.8, 4) is 0 Å². The Kier molecular flexibility index (Phi) is 3.55. The van der Waals surface area contributed by atoms with Gasteiger partial charge in [-0.15, -0.1) is 11.3 Å². The molecule has 0 aromatic carbocycles. The maximum absolute atomic E-state index is 12.7. The van der Waals surface area contributed by atoms with Crippen LogP contribution in [0.4, 0.5) is 17.6 Å². The van der Waals surface area contributed by atoms with E-state index in [1.165, 1.54) is 6.07 Å². The van der Waals surface area contributed by atoms with E-state index < -0.39 is 18.1 Å². The zero-order valence-electron chi connectivity index (χ0n) is 7.36. The van der Waals surface area contributed by atoms with Gasteiger partial charge < -0.3 is 0 Å². The fourth-order valence-corrected chi connectivity index (χ4v) is 2.69. The van der Waals surface area contributed by atoms with E-state index in [1.807, 2.05) is 0 Å². The van der Waals surface area contributed by atoms with E-state index >= 15 is 0 Å². The van der Waals surface area contributed by atoms with Gasteiger partial charge in [0, 0.05) is 9.35 Å². The molecule has 7 heteroatoms. The van der Waals surface area contributed by atoms with E-state index in [4.69, 9.17) is 0 Å². The zero-order valence-corrected chi connectivity index (χ0v) is 9.76. The summed E-state index contributed by atoms with van der Waals surface area (Å²) in [5.41, 5.74) is 0. The van der Waals surface area contributed by atoms with Crippen molar-refractivity contribution in [2.75, 3.05) is 0 Å². The molecule has 1 aromatic heterocycles. The topological polar surface area (TPSA) is 17.1 Å².